The first-order valence-electron chi connectivity index (χ1n) is 7.40. The van der Waals surface area contributed by atoms with Gasteiger partial charge in [-0.15, -0.1) is 11.3 Å². The summed E-state index contributed by atoms with van der Waals surface area (Å²) in [5, 5.41) is 5.46. The molecule has 0 spiro atoms. The second-order valence-corrected chi connectivity index (χ2v) is 6.80. The minimum absolute atomic E-state index is 0.0609. The summed E-state index contributed by atoms with van der Waals surface area (Å²) in [4.78, 5) is 26.0. The van der Waals surface area contributed by atoms with Crippen LogP contribution in [0.15, 0.2) is 42.5 Å². The molecule has 23 heavy (non-hydrogen) atoms. The van der Waals surface area contributed by atoms with Gasteiger partial charge in [0.15, 0.2) is 5.78 Å². The molecular weight excluding hydrogens is 308 g/mol. The van der Waals surface area contributed by atoms with E-state index in [4.69, 9.17) is 0 Å². The van der Waals surface area contributed by atoms with Crippen molar-refractivity contribution in [2.75, 3.05) is 5.32 Å². The van der Waals surface area contributed by atoms with Crippen molar-refractivity contribution in [3.05, 3.63) is 57.8 Å². The summed E-state index contributed by atoms with van der Waals surface area (Å²) in [6.07, 6.45) is 3.39. The average Bonchev–Trinajstić information content (AvgIpc) is 2.90. The molecule has 2 N–H and O–H groups in total. The molecule has 4 nitrogen and oxygen atoms in total. The SMILES string of the molecule is Cc1ccc(/C=C/C(=O)c2ccc(NC(=O)NC(C)C)cc2)s1. The highest BCUT2D eigenvalue weighted by Crippen LogP contribution is 2.17. The van der Waals surface area contributed by atoms with Gasteiger partial charge in [-0.3, -0.25) is 4.79 Å². The normalized spacial score (nSPS) is 11.0. The van der Waals surface area contributed by atoms with Crippen LogP contribution in [-0.2, 0) is 0 Å². The quantitative estimate of drug-likeness (QED) is 0.628. The molecule has 1 aromatic carbocycles. The number of amides is 2. The maximum absolute atomic E-state index is 12.1. The third-order valence-electron chi connectivity index (χ3n) is 3.01. The van der Waals surface area contributed by atoms with E-state index in [9.17, 15) is 9.59 Å². The van der Waals surface area contributed by atoms with Crippen LogP contribution in [0.25, 0.3) is 6.08 Å². The van der Waals surface area contributed by atoms with E-state index in [1.54, 1.807) is 41.7 Å². The van der Waals surface area contributed by atoms with Crippen molar-refractivity contribution < 1.29 is 9.59 Å². The molecule has 0 fully saturated rings. The molecule has 0 atom stereocenters. The zero-order valence-electron chi connectivity index (χ0n) is 13.4. The van der Waals surface area contributed by atoms with E-state index >= 15 is 0 Å². The van der Waals surface area contributed by atoms with E-state index in [-0.39, 0.29) is 17.9 Å². The van der Waals surface area contributed by atoms with Crippen LogP contribution in [0.4, 0.5) is 10.5 Å². The Balaban J connectivity index is 1.97. The molecule has 0 unspecified atom stereocenters. The molecular formula is C18H20N2O2S. The highest BCUT2D eigenvalue weighted by Gasteiger charge is 2.05. The lowest BCUT2D eigenvalue weighted by molar-refractivity contribution is 0.104. The van der Waals surface area contributed by atoms with E-state index in [0.29, 0.717) is 11.3 Å². The lowest BCUT2D eigenvalue weighted by Crippen LogP contribution is -2.34. The van der Waals surface area contributed by atoms with Crippen molar-refractivity contribution >= 4 is 34.9 Å². The van der Waals surface area contributed by atoms with E-state index < -0.39 is 0 Å². The summed E-state index contributed by atoms with van der Waals surface area (Å²) < 4.78 is 0. The van der Waals surface area contributed by atoms with E-state index in [1.165, 1.54) is 4.88 Å². The summed E-state index contributed by atoms with van der Waals surface area (Å²) in [7, 11) is 0. The van der Waals surface area contributed by atoms with E-state index in [1.807, 2.05) is 39.0 Å². The third kappa shape index (κ3) is 5.38. The first-order chi connectivity index (χ1) is 10.9. The predicted molar refractivity (Wildman–Crippen MR) is 96.2 cm³/mol. The van der Waals surface area contributed by atoms with Gasteiger partial charge in [0.2, 0.25) is 0 Å². The summed E-state index contributed by atoms with van der Waals surface area (Å²) in [5.41, 5.74) is 1.24. The number of nitrogens with one attached hydrogen (secondary N) is 2. The summed E-state index contributed by atoms with van der Waals surface area (Å²) >= 11 is 1.65. The van der Waals surface area contributed by atoms with Crippen LogP contribution in [0.1, 0.15) is 34.0 Å². The molecule has 1 aromatic heterocycles. The molecule has 0 aliphatic rings. The van der Waals surface area contributed by atoms with Gasteiger partial charge in [-0.05, 0) is 69.3 Å². The molecule has 0 saturated carbocycles. The molecule has 0 aliphatic heterocycles. The van der Waals surface area contributed by atoms with Gasteiger partial charge < -0.3 is 10.6 Å². The first-order valence-corrected chi connectivity index (χ1v) is 8.22. The molecule has 2 amide bonds. The molecule has 1 heterocycles. The summed E-state index contributed by atoms with van der Waals surface area (Å²) in [6, 6.07) is 10.7. The summed E-state index contributed by atoms with van der Waals surface area (Å²) in [5.74, 6) is -0.0609. The molecule has 0 aliphatic carbocycles. The number of hydrogen-bond acceptors (Lipinski definition) is 3. The number of hydrogen-bond donors (Lipinski definition) is 2. The Bertz CT molecular complexity index is 715. The topological polar surface area (TPSA) is 58.2 Å². The standard InChI is InChI=1S/C18H20N2O2S/c1-12(2)19-18(22)20-15-7-5-14(6-8-15)17(21)11-10-16-9-4-13(3)23-16/h4-12H,1-3H3,(H2,19,20,22)/b11-10+. The number of aryl methyl sites for hydroxylation is 1. The number of benzene rings is 1. The zero-order chi connectivity index (χ0) is 16.8. The maximum atomic E-state index is 12.1. The Labute approximate surface area is 140 Å². The number of ketones is 1. The Morgan fingerprint density at radius 3 is 2.35 bits per heavy atom. The largest absolute Gasteiger partial charge is 0.336 e. The van der Waals surface area contributed by atoms with Crippen molar-refractivity contribution in [1.82, 2.24) is 5.32 Å². The Morgan fingerprint density at radius 1 is 1.09 bits per heavy atom. The minimum Gasteiger partial charge on any atom is -0.336 e. The van der Waals surface area contributed by atoms with Gasteiger partial charge in [0.25, 0.3) is 0 Å². The maximum Gasteiger partial charge on any atom is 0.319 e. The number of thiophene rings is 1. The fourth-order valence-electron chi connectivity index (χ4n) is 1.94. The van der Waals surface area contributed by atoms with Gasteiger partial charge in [-0.1, -0.05) is 0 Å². The fourth-order valence-corrected chi connectivity index (χ4v) is 2.72. The second-order valence-electron chi connectivity index (χ2n) is 5.48. The van der Waals surface area contributed by atoms with Gasteiger partial charge in [0, 0.05) is 27.0 Å². The van der Waals surface area contributed by atoms with Crippen LogP contribution < -0.4 is 10.6 Å². The van der Waals surface area contributed by atoms with Crippen LogP contribution in [-0.4, -0.2) is 17.9 Å². The average molecular weight is 328 g/mol. The smallest absolute Gasteiger partial charge is 0.319 e. The van der Waals surface area contributed by atoms with Gasteiger partial charge in [-0.2, -0.15) is 0 Å². The molecule has 2 aromatic rings. The molecule has 2 rings (SSSR count). The van der Waals surface area contributed by atoms with Crippen molar-refractivity contribution in [2.45, 2.75) is 26.8 Å². The van der Waals surface area contributed by atoms with Crippen LogP contribution in [0.5, 0.6) is 0 Å². The Kier molecular flexibility index (Phi) is 5.71. The highest BCUT2D eigenvalue weighted by molar-refractivity contribution is 7.12. The van der Waals surface area contributed by atoms with Crippen molar-refractivity contribution in [2.24, 2.45) is 0 Å². The lowest BCUT2D eigenvalue weighted by Gasteiger charge is -2.10. The van der Waals surface area contributed by atoms with Gasteiger partial charge in [-0.25, -0.2) is 4.79 Å². The number of carbonyl (C=O) groups excluding carboxylic acids is 2. The van der Waals surface area contributed by atoms with Crippen molar-refractivity contribution in [1.29, 1.82) is 0 Å². The Morgan fingerprint density at radius 2 is 1.78 bits per heavy atom. The monoisotopic (exact) mass is 328 g/mol. The molecule has 0 saturated heterocycles. The number of anilines is 1. The minimum atomic E-state index is -0.257. The Hall–Kier alpha value is -2.40. The molecule has 120 valence electrons. The predicted octanol–water partition coefficient (Wildman–Crippen LogP) is 4.48. The molecule has 0 radical (unpaired) electrons. The van der Waals surface area contributed by atoms with Gasteiger partial charge >= 0.3 is 6.03 Å². The number of rotatable bonds is 5. The molecule has 0 bridgehead atoms. The fraction of sp³-hybridized carbons (Fsp3) is 0.222. The van der Waals surface area contributed by atoms with Gasteiger partial charge in [0.1, 0.15) is 0 Å². The number of allylic oxidation sites excluding steroid dienone is 1. The number of carbonyl (C=O) groups is 2. The van der Waals surface area contributed by atoms with Crippen molar-refractivity contribution in [3.8, 4) is 0 Å². The molecule has 5 heteroatoms. The van der Waals surface area contributed by atoms with E-state index in [0.717, 1.165) is 4.88 Å². The van der Waals surface area contributed by atoms with E-state index in [2.05, 4.69) is 10.6 Å². The first kappa shape index (κ1) is 17.0. The zero-order valence-corrected chi connectivity index (χ0v) is 14.2. The van der Waals surface area contributed by atoms with Crippen LogP contribution in [0, 0.1) is 6.92 Å². The highest BCUT2D eigenvalue weighted by atomic mass is 32.1. The van der Waals surface area contributed by atoms with Crippen LogP contribution in [0.3, 0.4) is 0 Å². The van der Waals surface area contributed by atoms with Gasteiger partial charge in [0.05, 0.1) is 0 Å². The van der Waals surface area contributed by atoms with Crippen molar-refractivity contribution in [3.63, 3.8) is 0 Å². The third-order valence-corrected chi connectivity index (χ3v) is 3.97. The lowest BCUT2D eigenvalue weighted by atomic mass is 10.1. The number of urea groups is 1. The van der Waals surface area contributed by atoms with Crippen LogP contribution in [0.2, 0.25) is 0 Å². The summed E-state index contributed by atoms with van der Waals surface area (Å²) in [6.45, 7) is 5.82. The second kappa shape index (κ2) is 7.74. The van der Waals surface area contributed by atoms with Crippen LogP contribution >= 0.6 is 11.3 Å².